The smallest absolute Gasteiger partial charge is 0.0859 e. The highest BCUT2D eigenvalue weighted by molar-refractivity contribution is 9.10. The molecule has 2 rings (SSSR count). The lowest BCUT2D eigenvalue weighted by Crippen LogP contribution is -2.14. The number of hydrogen-bond acceptors (Lipinski definition) is 4. The van der Waals surface area contributed by atoms with E-state index in [4.69, 9.17) is 5.73 Å². The van der Waals surface area contributed by atoms with Crippen molar-refractivity contribution in [3.63, 3.8) is 0 Å². The van der Waals surface area contributed by atoms with Gasteiger partial charge in [0, 0.05) is 38.9 Å². The molecular weight excluding hydrogens is 310 g/mol. The van der Waals surface area contributed by atoms with Crippen LogP contribution in [0.25, 0.3) is 10.9 Å². The number of halogens is 1. The quantitative estimate of drug-likeness (QED) is 0.692. The Morgan fingerprint density at radius 2 is 2.17 bits per heavy atom. The van der Waals surface area contributed by atoms with E-state index < -0.39 is 0 Å². The predicted molar refractivity (Wildman–Crippen MR) is 83.1 cm³/mol. The summed E-state index contributed by atoms with van der Waals surface area (Å²) in [6.45, 7) is 1.05. The van der Waals surface area contributed by atoms with Gasteiger partial charge in [-0.25, -0.2) is 0 Å². The summed E-state index contributed by atoms with van der Waals surface area (Å²) in [6.07, 6.45) is 1.82. The van der Waals surface area contributed by atoms with E-state index in [1.807, 2.05) is 30.1 Å². The number of fused-ring (bicyclic) bond motifs is 1. The number of thioether (sulfide) groups is 1. The van der Waals surface area contributed by atoms with E-state index in [9.17, 15) is 0 Å². The van der Waals surface area contributed by atoms with Gasteiger partial charge in [-0.2, -0.15) is 0 Å². The van der Waals surface area contributed by atoms with Crippen molar-refractivity contribution < 1.29 is 0 Å². The van der Waals surface area contributed by atoms with Crippen molar-refractivity contribution >= 4 is 44.3 Å². The Morgan fingerprint density at radius 3 is 2.89 bits per heavy atom. The Kier molecular flexibility index (Phi) is 4.48. The van der Waals surface area contributed by atoms with E-state index in [0.717, 1.165) is 33.4 Å². The molecule has 0 unspecified atom stereocenters. The van der Waals surface area contributed by atoms with Gasteiger partial charge in [0.2, 0.25) is 0 Å². The maximum Gasteiger partial charge on any atom is 0.0859 e. The fourth-order valence-corrected chi connectivity index (χ4v) is 3.12. The topological polar surface area (TPSA) is 42.1 Å². The molecule has 18 heavy (non-hydrogen) atoms. The first-order valence-electron chi connectivity index (χ1n) is 5.69. The van der Waals surface area contributed by atoms with Gasteiger partial charge in [-0.05, 0) is 48.2 Å². The third-order valence-corrected chi connectivity index (χ3v) is 4.07. The Hall–Kier alpha value is -0.780. The molecule has 0 aliphatic heterocycles. The van der Waals surface area contributed by atoms with Gasteiger partial charge in [-0.3, -0.25) is 4.98 Å². The van der Waals surface area contributed by atoms with Gasteiger partial charge < -0.3 is 10.6 Å². The molecule has 5 heteroatoms. The molecular formula is C13H16BrN3S. The first kappa shape index (κ1) is 13.6. The SMILES string of the molecule is CN(C)CCSc1ccc(N)c2cc(Br)cnc12. The third kappa shape index (κ3) is 3.16. The first-order valence-corrected chi connectivity index (χ1v) is 7.47. The summed E-state index contributed by atoms with van der Waals surface area (Å²) < 4.78 is 0.956. The Morgan fingerprint density at radius 1 is 1.39 bits per heavy atom. The summed E-state index contributed by atoms with van der Waals surface area (Å²) in [5, 5.41) is 1.01. The molecule has 2 N–H and O–H groups in total. The van der Waals surface area contributed by atoms with Crippen molar-refractivity contribution in [3.05, 3.63) is 28.9 Å². The van der Waals surface area contributed by atoms with E-state index in [-0.39, 0.29) is 0 Å². The van der Waals surface area contributed by atoms with Crippen molar-refractivity contribution in [2.75, 3.05) is 32.1 Å². The normalized spacial score (nSPS) is 11.3. The lowest BCUT2D eigenvalue weighted by molar-refractivity contribution is 0.437. The zero-order valence-corrected chi connectivity index (χ0v) is 12.9. The highest BCUT2D eigenvalue weighted by atomic mass is 79.9. The molecule has 1 aromatic heterocycles. The Labute approximate surface area is 120 Å². The van der Waals surface area contributed by atoms with Crippen molar-refractivity contribution in [1.82, 2.24) is 9.88 Å². The number of nitrogens with two attached hydrogens (primary N) is 1. The monoisotopic (exact) mass is 325 g/mol. The van der Waals surface area contributed by atoms with Crippen LogP contribution in [-0.2, 0) is 0 Å². The molecule has 0 bridgehead atoms. The molecule has 2 aromatic rings. The minimum absolute atomic E-state index is 0.774. The molecule has 0 amide bonds. The molecule has 0 atom stereocenters. The Bertz CT molecular complexity index is 557. The van der Waals surface area contributed by atoms with Gasteiger partial charge in [0.1, 0.15) is 0 Å². The molecule has 3 nitrogen and oxygen atoms in total. The molecule has 1 heterocycles. The number of nitrogen functional groups attached to an aromatic ring is 1. The second-order valence-corrected chi connectivity index (χ2v) is 6.41. The van der Waals surface area contributed by atoms with Gasteiger partial charge in [0.25, 0.3) is 0 Å². The van der Waals surface area contributed by atoms with Gasteiger partial charge in [0.05, 0.1) is 5.52 Å². The molecule has 0 fully saturated rings. The number of pyridine rings is 1. The third-order valence-electron chi connectivity index (χ3n) is 2.61. The van der Waals surface area contributed by atoms with E-state index in [2.05, 4.69) is 46.0 Å². The lowest BCUT2D eigenvalue weighted by atomic mass is 10.2. The molecule has 1 aromatic carbocycles. The largest absolute Gasteiger partial charge is 0.398 e. The average Bonchev–Trinajstić information content (AvgIpc) is 2.32. The molecule has 0 aliphatic carbocycles. The maximum atomic E-state index is 5.99. The minimum Gasteiger partial charge on any atom is -0.398 e. The highest BCUT2D eigenvalue weighted by Crippen LogP contribution is 2.31. The number of rotatable bonds is 4. The van der Waals surface area contributed by atoms with Crippen LogP contribution in [0.4, 0.5) is 5.69 Å². The highest BCUT2D eigenvalue weighted by Gasteiger charge is 2.07. The molecule has 0 saturated carbocycles. The van der Waals surface area contributed by atoms with Crippen molar-refractivity contribution in [1.29, 1.82) is 0 Å². The van der Waals surface area contributed by atoms with Crippen LogP contribution in [0.15, 0.2) is 33.8 Å². The summed E-state index contributed by atoms with van der Waals surface area (Å²) in [5.74, 6) is 1.05. The van der Waals surface area contributed by atoms with Gasteiger partial charge in [0.15, 0.2) is 0 Å². The van der Waals surface area contributed by atoms with Gasteiger partial charge in [-0.15, -0.1) is 11.8 Å². The van der Waals surface area contributed by atoms with E-state index >= 15 is 0 Å². The van der Waals surface area contributed by atoms with Crippen LogP contribution < -0.4 is 5.73 Å². The fourth-order valence-electron chi connectivity index (χ4n) is 1.64. The van der Waals surface area contributed by atoms with Crippen molar-refractivity contribution in [2.24, 2.45) is 0 Å². The lowest BCUT2D eigenvalue weighted by Gasteiger charge is -2.11. The van der Waals surface area contributed by atoms with Crippen LogP contribution in [0, 0.1) is 0 Å². The number of aromatic nitrogens is 1. The van der Waals surface area contributed by atoms with E-state index in [0.29, 0.717) is 0 Å². The molecule has 0 saturated heterocycles. The van der Waals surface area contributed by atoms with Gasteiger partial charge in [-0.1, -0.05) is 0 Å². The van der Waals surface area contributed by atoms with Crippen LogP contribution in [0.2, 0.25) is 0 Å². The van der Waals surface area contributed by atoms with E-state index in [1.54, 1.807) is 0 Å². The second kappa shape index (κ2) is 5.91. The van der Waals surface area contributed by atoms with Crippen molar-refractivity contribution in [2.45, 2.75) is 4.90 Å². The summed E-state index contributed by atoms with van der Waals surface area (Å²) >= 11 is 5.25. The average molecular weight is 326 g/mol. The van der Waals surface area contributed by atoms with Crippen LogP contribution in [-0.4, -0.2) is 36.3 Å². The zero-order chi connectivity index (χ0) is 13.1. The number of benzene rings is 1. The van der Waals surface area contributed by atoms with Crippen molar-refractivity contribution in [3.8, 4) is 0 Å². The fraction of sp³-hybridized carbons (Fsp3) is 0.308. The summed E-state index contributed by atoms with van der Waals surface area (Å²) in [5.41, 5.74) is 7.75. The van der Waals surface area contributed by atoms with E-state index in [1.165, 1.54) is 4.90 Å². The second-order valence-electron chi connectivity index (χ2n) is 4.35. The molecule has 0 radical (unpaired) electrons. The summed E-state index contributed by atoms with van der Waals surface area (Å²) in [4.78, 5) is 7.84. The summed E-state index contributed by atoms with van der Waals surface area (Å²) in [6, 6.07) is 6.03. The number of nitrogens with zero attached hydrogens (tertiary/aromatic N) is 2. The standard InChI is InChI=1S/C13H16BrN3S/c1-17(2)5-6-18-12-4-3-11(15)10-7-9(14)8-16-13(10)12/h3-4,7-8H,5-6,15H2,1-2H3. The predicted octanol–water partition coefficient (Wildman–Crippen LogP) is 3.23. The molecule has 96 valence electrons. The molecule has 0 aliphatic rings. The Balaban J connectivity index is 2.31. The molecule has 0 spiro atoms. The van der Waals surface area contributed by atoms with Crippen LogP contribution >= 0.6 is 27.7 Å². The number of anilines is 1. The van der Waals surface area contributed by atoms with Crippen LogP contribution in [0.5, 0.6) is 0 Å². The summed E-state index contributed by atoms with van der Waals surface area (Å²) in [7, 11) is 4.16. The van der Waals surface area contributed by atoms with Gasteiger partial charge >= 0.3 is 0 Å². The zero-order valence-electron chi connectivity index (χ0n) is 10.5. The maximum absolute atomic E-state index is 5.99. The van der Waals surface area contributed by atoms with Crippen LogP contribution in [0.3, 0.4) is 0 Å². The van der Waals surface area contributed by atoms with Crippen LogP contribution in [0.1, 0.15) is 0 Å². The first-order chi connectivity index (χ1) is 8.58. The number of hydrogen-bond donors (Lipinski definition) is 1. The minimum atomic E-state index is 0.774.